The third kappa shape index (κ3) is 2.75. The van der Waals surface area contributed by atoms with Crippen LogP contribution in [-0.4, -0.2) is 6.04 Å². The molecule has 2 unspecified atom stereocenters. The Morgan fingerprint density at radius 1 is 1.05 bits per heavy atom. The Balaban J connectivity index is 2.13. The number of hydrogen-bond donors (Lipinski definition) is 1. The molecule has 3 rings (SSSR count). The van der Waals surface area contributed by atoms with Crippen LogP contribution in [0.2, 0.25) is 0 Å². The minimum atomic E-state index is 0.331. The zero-order valence-electron chi connectivity index (χ0n) is 13.5. The van der Waals surface area contributed by atoms with Gasteiger partial charge in [0.25, 0.3) is 0 Å². The molecular formula is C20H25N. The van der Waals surface area contributed by atoms with E-state index in [1.807, 2.05) is 0 Å². The van der Waals surface area contributed by atoms with Crippen molar-refractivity contribution in [2.24, 2.45) is 0 Å². The topological polar surface area (TPSA) is 12.0 Å². The van der Waals surface area contributed by atoms with Gasteiger partial charge in [-0.15, -0.1) is 0 Å². The molecule has 1 nitrogen and oxygen atoms in total. The van der Waals surface area contributed by atoms with Gasteiger partial charge in [0.2, 0.25) is 0 Å². The van der Waals surface area contributed by atoms with E-state index in [0.717, 1.165) is 6.42 Å². The van der Waals surface area contributed by atoms with Crippen LogP contribution in [0.1, 0.15) is 52.8 Å². The molecule has 1 aliphatic heterocycles. The number of rotatable bonds is 2. The summed E-state index contributed by atoms with van der Waals surface area (Å²) in [6, 6.07) is 14.5. The number of hydrogen-bond acceptors (Lipinski definition) is 1. The Hall–Kier alpha value is -1.60. The highest BCUT2D eigenvalue weighted by molar-refractivity contribution is 5.46. The number of fused-ring (bicyclic) bond motifs is 1. The zero-order valence-corrected chi connectivity index (χ0v) is 13.5. The molecular weight excluding hydrogens is 254 g/mol. The van der Waals surface area contributed by atoms with Crippen LogP contribution >= 0.6 is 0 Å². The molecule has 0 amide bonds. The first-order valence-corrected chi connectivity index (χ1v) is 8.01. The van der Waals surface area contributed by atoms with Crippen molar-refractivity contribution < 1.29 is 0 Å². The monoisotopic (exact) mass is 279 g/mol. The highest BCUT2D eigenvalue weighted by Crippen LogP contribution is 2.34. The molecule has 0 radical (unpaired) electrons. The first kappa shape index (κ1) is 14.3. The number of benzene rings is 2. The summed E-state index contributed by atoms with van der Waals surface area (Å²) in [6.07, 6.45) is 2.33. The summed E-state index contributed by atoms with van der Waals surface area (Å²) in [6.45, 7) is 8.91. The molecule has 21 heavy (non-hydrogen) atoms. The van der Waals surface area contributed by atoms with E-state index in [1.165, 1.54) is 34.2 Å². The van der Waals surface area contributed by atoms with Crippen LogP contribution in [0.25, 0.3) is 0 Å². The highest BCUT2D eigenvalue weighted by atomic mass is 15.0. The third-order valence-electron chi connectivity index (χ3n) is 4.68. The zero-order chi connectivity index (χ0) is 15.0. The molecule has 0 saturated carbocycles. The molecule has 1 N–H and O–H groups in total. The molecule has 110 valence electrons. The van der Waals surface area contributed by atoms with E-state index in [-0.39, 0.29) is 0 Å². The average Bonchev–Trinajstić information content (AvgIpc) is 2.46. The smallest absolute Gasteiger partial charge is 0.0581 e. The first-order chi connectivity index (χ1) is 10.1. The van der Waals surface area contributed by atoms with Gasteiger partial charge in [-0.25, -0.2) is 0 Å². The Morgan fingerprint density at radius 2 is 1.86 bits per heavy atom. The molecule has 0 spiro atoms. The maximum absolute atomic E-state index is 3.86. The predicted molar refractivity (Wildman–Crippen MR) is 89.9 cm³/mol. The van der Waals surface area contributed by atoms with Crippen LogP contribution in [0.4, 0.5) is 0 Å². The van der Waals surface area contributed by atoms with Crippen LogP contribution in [0.15, 0.2) is 36.4 Å². The van der Waals surface area contributed by atoms with Crippen molar-refractivity contribution in [3.05, 3.63) is 69.8 Å². The molecule has 2 aromatic rings. The summed E-state index contributed by atoms with van der Waals surface area (Å²) in [5.41, 5.74) is 8.56. The minimum absolute atomic E-state index is 0.331. The summed E-state index contributed by atoms with van der Waals surface area (Å²) >= 11 is 0. The van der Waals surface area contributed by atoms with E-state index in [2.05, 4.69) is 69.4 Å². The lowest BCUT2D eigenvalue weighted by Crippen LogP contribution is -2.40. The molecule has 0 aromatic heterocycles. The van der Waals surface area contributed by atoms with Crippen LogP contribution in [0.5, 0.6) is 0 Å². The van der Waals surface area contributed by atoms with E-state index in [4.69, 9.17) is 0 Å². The Bertz CT molecular complexity index is 657. The first-order valence-electron chi connectivity index (χ1n) is 8.01. The largest absolute Gasteiger partial charge is 0.303 e. The van der Waals surface area contributed by atoms with Crippen molar-refractivity contribution >= 4 is 0 Å². The number of aryl methyl sites for hydroxylation is 3. The van der Waals surface area contributed by atoms with Gasteiger partial charge in [-0.05, 0) is 55.9 Å². The molecule has 1 aliphatic rings. The van der Waals surface area contributed by atoms with E-state index >= 15 is 0 Å². The SMILES string of the molecule is CCC1Cc2c(C)cc(C)cc2C(c2cccc(C)c2)N1. The lowest BCUT2D eigenvalue weighted by atomic mass is 9.82. The second-order valence-corrected chi connectivity index (χ2v) is 6.47. The quantitative estimate of drug-likeness (QED) is 0.845. The Kier molecular flexibility index (Phi) is 3.86. The molecule has 0 bridgehead atoms. The van der Waals surface area contributed by atoms with Crippen molar-refractivity contribution in [3.8, 4) is 0 Å². The van der Waals surface area contributed by atoms with Gasteiger partial charge in [0.05, 0.1) is 6.04 Å². The van der Waals surface area contributed by atoms with Gasteiger partial charge in [-0.3, -0.25) is 0 Å². The number of nitrogens with one attached hydrogen (secondary N) is 1. The van der Waals surface area contributed by atoms with E-state index in [9.17, 15) is 0 Å². The summed E-state index contributed by atoms with van der Waals surface area (Å²) in [5, 5.41) is 3.86. The third-order valence-corrected chi connectivity index (χ3v) is 4.68. The van der Waals surface area contributed by atoms with Gasteiger partial charge in [0.15, 0.2) is 0 Å². The second-order valence-electron chi connectivity index (χ2n) is 6.47. The fraction of sp³-hybridized carbons (Fsp3) is 0.400. The predicted octanol–water partition coefficient (Wildman–Crippen LogP) is 4.63. The normalized spacial score (nSPS) is 21.1. The molecule has 1 heterocycles. The maximum atomic E-state index is 3.86. The van der Waals surface area contributed by atoms with Gasteiger partial charge >= 0.3 is 0 Å². The molecule has 2 aromatic carbocycles. The van der Waals surface area contributed by atoms with Gasteiger partial charge in [-0.2, -0.15) is 0 Å². The summed E-state index contributed by atoms with van der Waals surface area (Å²) in [5.74, 6) is 0. The van der Waals surface area contributed by atoms with Crippen molar-refractivity contribution in [1.82, 2.24) is 5.32 Å². The van der Waals surface area contributed by atoms with E-state index < -0.39 is 0 Å². The second kappa shape index (κ2) is 5.65. The van der Waals surface area contributed by atoms with Crippen molar-refractivity contribution in [1.29, 1.82) is 0 Å². The van der Waals surface area contributed by atoms with Crippen molar-refractivity contribution in [2.75, 3.05) is 0 Å². The lowest BCUT2D eigenvalue weighted by molar-refractivity contribution is 0.426. The standard InChI is InChI=1S/C20H25N/c1-5-17-12-18-15(4)9-14(3)11-19(18)20(21-17)16-8-6-7-13(2)10-16/h6-11,17,20-21H,5,12H2,1-4H3. The Labute approximate surface area is 128 Å². The van der Waals surface area contributed by atoms with Gasteiger partial charge in [-0.1, -0.05) is 54.4 Å². The fourth-order valence-corrected chi connectivity index (χ4v) is 3.59. The van der Waals surface area contributed by atoms with Crippen molar-refractivity contribution in [2.45, 2.75) is 52.6 Å². The minimum Gasteiger partial charge on any atom is -0.303 e. The summed E-state index contributed by atoms with van der Waals surface area (Å²) in [7, 11) is 0. The maximum Gasteiger partial charge on any atom is 0.0581 e. The van der Waals surface area contributed by atoms with Crippen LogP contribution in [0.3, 0.4) is 0 Å². The van der Waals surface area contributed by atoms with Gasteiger partial charge < -0.3 is 5.32 Å². The van der Waals surface area contributed by atoms with Crippen LogP contribution in [0, 0.1) is 20.8 Å². The van der Waals surface area contributed by atoms with Crippen LogP contribution < -0.4 is 5.32 Å². The molecule has 0 aliphatic carbocycles. The molecule has 0 fully saturated rings. The van der Waals surface area contributed by atoms with Gasteiger partial charge in [0, 0.05) is 6.04 Å². The average molecular weight is 279 g/mol. The molecule has 0 saturated heterocycles. The fourth-order valence-electron chi connectivity index (χ4n) is 3.59. The van der Waals surface area contributed by atoms with Gasteiger partial charge in [0.1, 0.15) is 0 Å². The molecule has 2 atom stereocenters. The summed E-state index contributed by atoms with van der Waals surface area (Å²) in [4.78, 5) is 0. The molecule has 1 heteroatoms. The lowest BCUT2D eigenvalue weighted by Gasteiger charge is -2.34. The summed E-state index contributed by atoms with van der Waals surface area (Å²) < 4.78 is 0. The highest BCUT2D eigenvalue weighted by Gasteiger charge is 2.27. The van der Waals surface area contributed by atoms with E-state index in [0.29, 0.717) is 12.1 Å². The van der Waals surface area contributed by atoms with Crippen LogP contribution in [-0.2, 0) is 6.42 Å². The van der Waals surface area contributed by atoms with E-state index in [1.54, 1.807) is 5.56 Å². The Morgan fingerprint density at radius 3 is 2.57 bits per heavy atom. The van der Waals surface area contributed by atoms with Crippen molar-refractivity contribution in [3.63, 3.8) is 0 Å².